The Bertz CT molecular complexity index is 280. The van der Waals surface area contributed by atoms with Gasteiger partial charge in [-0.2, -0.15) is 11.8 Å². The van der Waals surface area contributed by atoms with Crippen LogP contribution in [0.4, 0.5) is 11.5 Å². The average Bonchev–Trinajstić information content (AvgIpc) is 2.29. The Morgan fingerprint density at radius 2 is 2.33 bits per heavy atom. The number of nitrogens with zero attached hydrogens (tertiary/aromatic N) is 1. The largest absolute Gasteiger partial charge is 0.385 e. The standard InChI is InChI=1S/C10H18N4S/c1-15-7-3-2-5-12-9-4-6-13-10(8-9)14-11/h4,6,8H,2-3,5,7,11H2,1H3,(H2,12,13,14). The molecule has 1 aromatic rings. The molecule has 1 rings (SSSR count). The molecule has 0 saturated heterocycles. The monoisotopic (exact) mass is 226 g/mol. The van der Waals surface area contributed by atoms with Crippen molar-refractivity contribution in [3.63, 3.8) is 0 Å². The maximum Gasteiger partial charge on any atom is 0.141 e. The Morgan fingerprint density at radius 3 is 3.07 bits per heavy atom. The molecule has 0 amide bonds. The predicted molar refractivity (Wildman–Crippen MR) is 68.2 cm³/mol. The van der Waals surface area contributed by atoms with E-state index in [-0.39, 0.29) is 0 Å². The Morgan fingerprint density at radius 1 is 1.47 bits per heavy atom. The molecular formula is C10H18N4S. The molecule has 0 unspecified atom stereocenters. The van der Waals surface area contributed by atoms with Gasteiger partial charge in [0.15, 0.2) is 0 Å². The summed E-state index contributed by atoms with van der Waals surface area (Å²) in [7, 11) is 0. The van der Waals surface area contributed by atoms with E-state index in [0.29, 0.717) is 5.82 Å². The van der Waals surface area contributed by atoms with Crippen molar-refractivity contribution >= 4 is 23.3 Å². The maximum atomic E-state index is 5.27. The van der Waals surface area contributed by atoms with Crippen LogP contribution in [0, 0.1) is 0 Å². The first-order chi connectivity index (χ1) is 7.36. The first-order valence-electron chi connectivity index (χ1n) is 5.02. The number of aromatic nitrogens is 1. The first kappa shape index (κ1) is 12.1. The molecule has 0 aliphatic carbocycles. The molecule has 0 bridgehead atoms. The zero-order chi connectivity index (χ0) is 10.9. The molecule has 0 aliphatic rings. The lowest BCUT2D eigenvalue weighted by Gasteiger charge is -2.07. The topological polar surface area (TPSA) is 63.0 Å². The average molecular weight is 226 g/mol. The van der Waals surface area contributed by atoms with Crippen molar-refractivity contribution in [3.8, 4) is 0 Å². The summed E-state index contributed by atoms with van der Waals surface area (Å²) in [5.41, 5.74) is 3.58. The van der Waals surface area contributed by atoms with E-state index < -0.39 is 0 Å². The summed E-state index contributed by atoms with van der Waals surface area (Å²) in [4.78, 5) is 4.04. The minimum absolute atomic E-state index is 0.684. The molecule has 84 valence electrons. The molecule has 4 nitrogen and oxygen atoms in total. The van der Waals surface area contributed by atoms with Gasteiger partial charge in [-0.1, -0.05) is 0 Å². The summed E-state index contributed by atoms with van der Waals surface area (Å²) in [5, 5.41) is 3.33. The molecule has 0 radical (unpaired) electrons. The predicted octanol–water partition coefficient (Wildman–Crippen LogP) is 1.92. The zero-order valence-electron chi connectivity index (χ0n) is 8.99. The smallest absolute Gasteiger partial charge is 0.141 e. The number of rotatable bonds is 7. The van der Waals surface area contributed by atoms with Crippen molar-refractivity contribution in [2.24, 2.45) is 5.84 Å². The third kappa shape index (κ3) is 4.90. The number of hydrogen-bond acceptors (Lipinski definition) is 5. The van der Waals surface area contributed by atoms with Crippen molar-refractivity contribution < 1.29 is 0 Å². The van der Waals surface area contributed by atoms with Crippen LogP contribution in [0.2, 0.25) is 0 Å². The number of nitrogen functional groups attached to an aromatic ring is 1. The number of hydrogen-bond donors (Lipinski definition) is 3. The number of nitrogens with one attached hydrogen (secondary N) is 2. The van der Waals surface area contributed by atoms with E-state index in [0.717, 1.165) is 12.2 Å². The van der Waals surface area contributed by atoms with Gasteiger partial charge < -0.3 is 10.7 Å². The SMILES string of the molecule is CSCCCCNc1ccnc(NN)c1. The highest BCUT2D eigenvalue weighted by Gasteiger charge is 1.94. The lowest BCUT2D eigenvalue weighted by atomic mass is 10.3. The third-order valence-electron chi connectivity index (χ3n) is 2.01. The van der Waals surface area contributed by atoms with Gasteiger partial charge >= 0.3 is 0 Å². The van der Waals surface area contributed by atoms with E-state index >= 15 is 0 Å². The fourth-order valence-electron chi connectivity index (χ4n) is 1.22. The van der Waals surface area contributed by atoms with Crippen LogP contribution >= 0.6 is 11.8 Å². The molecule has 1 aromatic heterocycles. The lowest BCUT2D eigenvalue weighted by molar-refractivity contribution is 0.843. The van der Waals surface area contributed by atoms with E-state index in [1.165, 1.54) is 18.6 Å². The number of thioether (sulfide) groups is 1. The van der Waals surface area contributed by atoms with Gasteiger partial charge in [0.2, 0.25) is 0 Å². The Kier molecular flexibility index (Phi) is 5.96. The van der Waals surface area contributed by atoms with Crippen molar-refractivity contribution in [2.75, 3.05) is 29.3 Å². The second-order valence-corrected chi connectivity index (χ2v) is 4.19. The molecule has 5 heteroatoms. The highest BCUT2D eigenvalue weighted by Crippen LogP contribution is 2.10. The molecule has 0 aromatic carbocycles. The fourth-order valence-corrected chi connectivity index (χ4v) is 1.72. The Labute approximate surface area is 95.0 Å². The van der Waals surface area contributed by atoms with Gasteiger partial charge in [-0.3, -0.25) is 0 Å². The van der Waals surface area contributed by atoms with Crippen LogP contribution in [0.5, 0.6) is 0 Å². The molecule has 0 spiro atoms. The minimum atomic E-state index is 0.684. The Balaban J connectivity index is 2.24. The van der Waals surface area contributed by atoms with E-state index in [9.17, 15) is 0 Å². The van der Waals surface area contributed by atoms with Crippen LogP contribution in [-0.4, -0.2) is 23.5 Å². The van der Waals surface area contributed by atoms with E-state index in [4.69, 9.17) is 5.84 Å². The quantitative estimate of drug-likeness (QED) is 0.377. The summed E-state index contributed by atoms with van der Waals surface area (Å²) in [5.74, 6) is 7.18. The highest BCUT2D eigenvalue weighted by molar-refractivity contribution is 7.98. The van der Waals surface area contributed by atoms with Gasteiger partial charge in [0.25, 0.3) is 0 Å². The molecule has 0 saturated carbocycles. The summed E-state index contributed by atoms with van der Waals surface area (Å²) < 4.78 is 0. The second-order valence-electron chi connectivity index (χ2n) is 3.20. The molecular weight excluding hydrogens is 208 g/mol. The van der Waals surface area contributed by atoms with Crippen molar-refractivity contribution in [3.05, 3.63) is 18.3 Å². The molecule has 4 N–H and O–H groups in total. The van der Waals surface area contributed by atoms with E-state index in [2.05, 4.69) is 22.0 Å². The number of nitrogens with two attached hydrogens (primary N) is 1. The number of pyridine rings is 1. The molecule has 1 heterocycles. The van der Waals surface area contributed by atoms with Crippen LogP contribution in [0.1, 0.15) is 12.8 Å². The molecule has 0 aliphatic heterocycles. The van der Waals surface area contributed by atoms with Crippen LogP contribution in [0.25, 0.3) is 0 Å². The third-order valence-corrected chi connectivity index (χ3v) is 2.71. The maximum absolute atomic E-state index is 5.27. The number of unbranched alkanes of at least 4 members (excludes halogenated alkanes) is 1. The number of hydrazine groups is 1. The zero-order valence-corrected chi connectivity index (χ0v) is 9.81. The molecule has 15 heavy (non-hydrogen) atoms. The normalized spacial score (nSPS) is 10.0. The van der Waals surface area contributed by atoms with Crippen molar-refractivity contribution in [1.29, 1.82) is 0 Å². The minimum Gasteiger partial charge on any atom is -0.385 e. The van der Waals surface area contributed by atoms with Crippen LogP contribution in [0.3, 0.4) is 0 Å². The second kappa shape index (κ2) is 7.36. The summed E-state index contributed by atoms with van der Waals surface area (Å²) in [6.07, 6.45) is 6.31. The van der Waals surface area contributed by atoms with Gasteiger partial charge in [-0.05, 0) is 30.9 Å². The fraction of sp³-hybridized carbons (Fsp3) is 0.500. The molecule has 0 atom stereocenters. The summed E-state index contributed by atoms with van der Waals surface area (Å²) >= 11 is 1.89. The van der Waals surface area contributed by atoms with Crippen LogP contribution in [-0.2, 0) is 0 Å². The van der Waals surface area contributed by atoms with Crippen LogP contribution < -0.4 is 16.6 Å². The van der Waals surface area contributed by atoms with E-state index in [1.807, 2.05) is 23.9 Å². The van der Waals surface area contributed by atoms with Gasteiger partial charge in [-0.15, -0.1) is 0 Å². The van der Waals surface area contributed by atoms with Gasteiger partial charge in [0.05, 0.1) is 0 Å². The lowest BCUT2D eigenvalue weighted by Crippen LogP contribution is -2.09. The van der Waals surface area contributed by atoms with Gasteiger partial charge in [0, 0.05) is 24.5 Å². The van der Waals surface area contributed by atoms with Crippen LogP contribution in [0.15, 0.2) is 18.3 Å². The van der Waals surface area contributed by atoms with Gasteiger partial charge in [-0.25, -0.2) is 10.8 Å². The van der Waals surface area contributed by atoms with E-state index in [1.54, 1.807) is 6.20 Å². The first-order valence-corrected chi connectivity index (χ1v) is 6.41. The summed E-state index contributed by atoms with van der Waals surface area (Å²) in [6.45, 7) is 0.995. The van der Waals surface area contributed by atoms with Crippen molar-refractivity contribution in [2.45, 2.75) is 12.8 Å². The highest BCUT2D eigenvalue weighted by atomic mass is 32.2. The number of anilines is 2. The van der Waals surface area contributed by atoms with Crippen molar-refractivity contribution in [1.82, 2.24) is 4.98 Å². The summed E-state index contributed by atoms with van der Waals surface area (Å²) in [6, 6.07) is 3.84. The molecule has 0 fully saturated rings. The van der Waals surface area contributed by atoms with Gasteiger partial charge in [0.1, 0.15) is 5.82 Å². The Hall–Kier alpha value is -0.940.